The van der Waals surface area contributed by atoms with Gasteiger partial charge in [0.1, 0.15) is 0 Å². The van der Waals surface area contributed by atoms with Crippen molar-refractivity contribution in [3.63, 3.8) is 0 Å². The maximum atomic E-state index is 11.3. The van der Waals surface area contributed by atoms with Crippen molar-refractivity contribution in [3.05, 3.63) is 34.9 Å². The molecule has 0 aromatic heterocycles. The van der Waals surface area contributed by atoms with Crippen LogP contribution in [0.2, 0.25) is 5.02 Å². The Hall–Kier alpha value is -1.06. The quantitative estimate of drug-likeness (QED) is 0.882. The zero-order chi connectivity index (χ0) is 11.6. The summed E-state index contributed by atoms with van der Waals surface area (Å²) in [5, 5.41) is 9.92. The summed E-state index contributed by atoms with van der Waals surface area (Å²) in [5.41, 5.74) is 0.172. The Morgan fingerprint density at radius 2 is 2.38 bits per heavy atom. The molecule has 0 bridgehead atoms. The lowest BCUT2D eigenvalue weighted by molar-refractivity contribution is -0.148. The minimum Gasteiger partial charge on any atom is -0.481 e. The van der Waals surface area contributed by atoms with Crippen LogP contribution in [0, 0.1) is 5.41 Å². The fourth-order valence-electron chi connectivity index (χ4n) is 2.03. The Bertz CT molecular complexity index is 397. The van der Waals surface area contributed by atoms with Crippen LogP contribution in [0.25, 0.3) is 0 Å². The van der Waals surface area contributed by atoms with E-state index in [1.807, 2.05) is 18.2 Å². The molecule has 1 aliphatic heterocycles. The largest absolute Gasteiger partial charge is 0.481 e. The zero-order valence-electron chi connectivity index (χ0n) is 8.78. The molecule has 0 radical (unpaired) electrons. The van der Waals surface area contributed by atoms with Crippen molar-refractivity contribution in [3.8, 4) is 0 Å². The molecule has 1 atom stereocenters. The molecule has 1 aliphatic rings. The first-order chi connectivity index (χ1) is 7.62. The van der Waals surface area contributed by atoms with Crippen LogP contribution in [0.1, 0.15) is 12.0 Å². The van der Waals surface area contributed by atoms with E-state index in [9.17, 15) is 9.90 Å². The van der Waals surface area contributed by atoms with Crippen molar-refractivity contribution in [2.75, 3.05) is 13.2 Å². The number of hydrogen-bond acceptors (Lipinski definition) is 2. The van der Waals surface area contributed by atoms with Crippen molar-refractivity contribution in [2.45, 2.75) is 12.8 Å². The molecule has 0 unspecified atom stereocenters. The molecule has 86 valence electrons. The van der Waals surface area contributed by atoms with Gasteiger partial charge in [0.2, 0.25) is 0 Å². The van der Waals surface area contributed by atoms with Crippen LogP contribution in [0.3, 0.4) is 0 Å². The second-order valence-electron chi connectivity index (χ2n) is 4.19. The van der Waals surface area contributed by atoms with E-state index in [1.54, 1.807) is 6.07 Å². The Morgan fingerprint density at radius 1 is 1.56 bits per heavy atom. The van der Waals surface area contributed by atoms with Crippen molar-refractivity contribution in [1.29, 1.82) is 0 Å². The first kappa shape index (κ1) is 11.4. The van der Waals surface area contributed by atoms with Gasteiger partial charge < -0.3 is 9.84 Å². The Labute approximate surface area is 99.0 Å². The van der Waals surface area contributed by atoms with Crippen molar-refractivity contribution in [2.24, 2.45) is 5.41 Å². The molecule has 1 fully saturated rings. The summed E-state index contributed by atoms with van der Waals surface area (Å²) in [6.45, 7) is 0.807. The number of ether oxygens (including phenoxy) is 1. The summed E-state index contributed by atoms with van der Waals surface area (Å²) in [7, 11) is 0. The molecule has 3 nitrogen and oxygen atoms in total. The van der Waals surface area contributed by atoms with E-state index in [0.717, 1.165) is 5.56 Å². The third-order valence-electron chi connectivity index (χ3n) is 2.99. The minimum atomic E-state index is -0.787. The third kappa shape index (κ3) is 2.20. The van der Waals surface area contributed by atoms with Crippen LogP contribution in [-0.2, 0) is 16.0 Å². The highest BCUT2D eigenvalue weighted by molar-refractivity contribution is 6.30. The molecule has 1 heterocycles. The van der Waals surface area contributed by atoms with E-state index < -0.39 is 11.4 Å². The monoisotopic (exact) mass is 240 g/mol. The number of carboxylic acids is 1. The summed E-state index contributed by atoms with van der Waals surface area (Å²) in [6.07, 6.45) is 1.04. The summed E-state index contributed by atoms with van der Waals surface area (Å²) in [4.78, 5) is 11.3. The fourth-order valence-corrected chi connectivity index (χ4v) is 2.24. The molecule has 1 aromatic rings. The van der Waals surface area contributed by atoms with Crippen LogP contribution in [-0.4, -0.2) is 24.3 Å². The summed E-state index contributed by atoms with van der Waals surface area (Å²) < 4.78 is 5.21. The molecule has 0 spiro atoms. The van der Waals surface area contributed by atoms with Gasteiger partial charge in [-0.3, -0.25) is 4.79 Å². The van der Waals surface area contributed by atoms with Gasteiger partial charge in [0, 0.05) is 11.6 Å². The fraction of sp³-hybridized carbons (Fsp3) is 0.417. The number of carbonyl (C=O) groups is 1. The van der Waals surface area contributed by atoms with Crippen LogP contribution in [0.4, 0.5) is 0 Å². The molecule has 4 heteroatoms. The second kappa shape index (κ2) is 4.44. The van der Waals surface area contributed by atoms with Crippen LogP contribution in [0.5, 0.6) is 0 Å². The standard InChI is InChI=1S/C12H13ClO3/c13-10-3-1-2-9(6-10)7-12(11(14)15)4-5-16-8-12/h1-3,6H,4-5,7-8H2,(H,14,15)/t12-/m0/s1. The molecule has 0 amide bonds. The van der Waals surface area contributed by atoms with Gasteiger partial charge in [0.05, 0.1) is 12.0 Å². The maximum Gasteiger partial charge on any atom is 0.312 e. The van der Waals surface area contributed by atoms with Gasteiger partial charge in [-0.2, -0.15) is 0 Å². The van der Waals surface area contributed by atoms with Crippen LogP contribution >= 0.6 is 11.6 Å². The zero-order valence-corrected chi connectivity index (χ0v) is 9.54. The molecular weight excluding hydrogens is 228 g/mol. The van der Waals surface area contributed by atoms with Gasteiger partial charge in [-0.05, 0) is 30.5 Å². The van der Waals surface area contributed by atoms with Gasteiger partial charge in [-0.1, -0.05) is 23.7 Å². The lowest BCUT2D eigenvalue weighted by atomic mass is 9.81. The highest BCUT2D eigenvalue weighted by Gasteiger charge is 2.42. The van der Waals surface area contributed by atoms with Gasteiger partial charge in [-0.15, -0.1) is 0 Å². The normalized spacial score (nSPS) is 24.6. The molecular formula is C12H13ClO3. The summed E-state index contributed by atoms with van der Waals surface area (Å²) >= 11 is 5.88. The predicted octanol–water partition coefficient (Wildman–Crippen LogP) is 2.37. The van der Waals surface area contributed by atoms with E-state index in [2.05, 4.69) is 0 Å². The second-order valence-corrected chi connectivity index (χ2v) is 4.63. The third-order valence-corrected chi connectivity index (χ3v) is 3.22. The van der Waals surface area contributed by atoms with Gasteiger partial charge in [0.15, 0.2) is 0 Å². The van der Waals surface area contributed by atoms with Gasteiger partial charge in [-0.25, -0.2) is 0 Å². The molecule has 1 aromatic carbocycles. The molecule has 1 saturated heterocycles. The topological polar surface area (TPSA) is 46.5 Å². The lowest BCUT2D eigenvalue weighted by Gasteiger charge is -2.21. The number of halogens is 1. The Morgan fingerprint density at radius 3 is 2.94 bits per heavy atom. The van der Waals surface area contributed by atoms with Crippen LogP contribution in [0.15, 0.2) is 24.3 Å². The first-order valence-corrected chi connectivity index (χ1v) is 5.56. The number of carboxylic acid groups (broad SMARTS) is 1. The highest BCUT2D eigenvalue weighted by Crippen LogP contribution is 2.33. The van der Waals surface area contributed by atoms with E-state index in [-0.39, 0.29) is 6.61 Å². The van der Waals surface area contributed by atoms with Crippen molar-refractivity contribution < 1.29 is 14.6 Å². The summed E-state index contributed by atoms with van der Waals surface area (Å²) in [6, 6.07) is 7.33. The number of aliphatic carboxylic acids is 1. The van der Waals surface area contributed by atoms with Gasteiger partial charge in [0.25, 0.3) is 0 Å². The SMILES string of the molecule is O=C(O)[C@]1(Cc2cccc(Cl)c2)CCOC1. The van der Waals surface area contributed by atoms with Crippen molar-refractivity contribution in [1.82, 2.24) is 0 Å². The Kier molecular flexibility index (Phi) is 3.17. The highest BCUT2D eigenvalue weighted by atomic mass is 35.5. The maximum absolute atomic E-state index is 11.3. The average Bonchev–Trinajstić information content (AvgIpc) is 2.67. The predicted molar refractivity (Wildman–Crippen MR) is 60.7 cm³/mol. The Balaban J connectivity index is 2.21. The average molecular weight is 241 g/mol. The van der Waals surface area contributed by atoms with E-state index in [0.29, 0.717) is 24.5 Å². The van der Waals surface area contributed by atoms with Gasteiger partial charge >= 0.3 is 5.97 Å². The molecule has 1 N–H and O–H groups in total. The van der Waals surface area contributed by atoms with E-state index in [4.69, 9.17) is 16.3 Å². The molecule has 0 aliphatic carbocycles. The lowest BCUT2D eigenvalue weighted by Crippen LogP contribution is -2.33. The number of benzene rings is 1. The van der Waals surface area contributed by atoms with E-state index >= 15 is 0 Å². The smallest absolute Gasteiger partial charge is 0.312 e. The first-order valence-electron chi connectivity index (χ1n) is 5.18. The van der Waals surface area contributed by atoms with E-state index in [1.165, 1.54) is 0 Å². The number of hydrogen-bond donors (Lipinski definition) is 1. The minimum absolute atomic E-state index is 0.287. The van der Waals surface area contributed by atoms with Crippen LogP contribution < -0.4 is 0 Å². The van der Waals surface area contributed by atoms with Crippen molar-refractivity contribution >= 4 is 17.6 Å². The molecule has 2 rings (SSSR count). The molecule has 0 saturated carbocycles. The molecule has 16 heavy (non-hydrogen) atoms. The number of rotatable bonds is 3. The summed E-state index contributed by atoms with van der Waals surface area (Å²) in [5.74, 6) is -0.787.